The number of nitrogens with zero attached hydrogens (tertiary/aromatic N) is 5. The van der Waals surface area contributed by atoms with Crippen molar-refractivity contribution in [2.24, 2.45) is 0 Å². The predicted octanol–water partition coefficient (Wildman–Crippen LogP) is 3.75. The van der Waals surface area contributed by atoms with Gasteiger partial charge in [0.25, 0.3) is 5.91 Å². The second-order valence-corrected chi connectivity index (χ2v) is 9.66. The number of anilines is 2. The number of pyridine rings is 1. The molecule has 1 aliphatic heterocycles. The van der Waals surface area contributed by atoms with Gasteiger partial charge in [0.15, 0.2) is 11.3 Å². The number of nitrogens with one attached hydrogen (secondary N) is 3. The van der Waals surface area contributed by atoms with Crippen LogP contribution >= 0.6 is 11.3 Å². The van der Waals surface area contributed by atoms with Crippen molar-refractivity contribution in [2.45, 2.75) is 25.9 Å². The fourth-order valence-electron chi connectivity index (χ4n) is 3.84. The minimum absolute atomic E-state index is 0.170. The highest BCUT2D eigenvalue weighted by atomic mass is 32.1. The number of fused-ring (bicyclic) bond motifs is 1. The van der Waals surface area contributed by atoms with Gasteiger partial charge < -0.3 is 20.9 Å². The summed E-state index contributed by atoms with van der Waals surface area (Å²) in [7, 11) is 0. The topological polar surface area (TPSA) is 125 Å². The standard InChI is InChI=1S/C24H23FN8O2S/c1-13(15-8-16(25)10-26-9-15)27-23-31-19(20-21(32-23)28-14(2)36-20)22(34)33-11-18(12-33)30-24(35)29-17-6-4-3-5-7-17/h3-10,13,18H,11-12H2,1-2H3,(H,27,31,32)(H2,29,30,35)/t13-/m0/s1. The molecule has 0 bridgehead atoms. The number of hydrogen-bond donors (Lipinski definition) is 3. The third-order valence-corrected chi connectivity index (χ3v) is 6.64. The van der Waals surface area contributed by atoms with Gasteiger partial charge in [0, 0.05) is 25.0 Å². The second kappa shape index (κ2) is 9.82. The van der Waals surface area contributed by atoms with E-state index in [2.05, 4.69) is 35.9 Å². The number of aromatic nitrogens is 4. The van der Waals surface area contributed by atoms with E-state index in [-0.39, 0.29) is 35.7 Å². The van der Waals surface area contributed by atoms with E-state index in [4.69, 9.17) is 0 Å². The number of hydrogen-bond acceptors (Lipinski definition) is 8. The van der Waals surface area contributed by atoms with E-state index in [1.807, 2.05) is 32.0 Å². The van der Waals surface area contributed by atoms with Crippen molar-refractivity contribution in [2.75, 3.05) is 23.7 Å². The van der Waals surface area contributed by atoms with Crippen LogP contribution in [0.15, 0.2) is 48.8 Å². The van der Waals surface area contributed by atoms with Crippen LogP contribution < -0.4 is 16.0 Å². The minimum Gasteiger partial charge on any atom is -0.348 e. The molecule has 1 aromatic carbocycles. The van der Waals surface area contributed by atoms with Crippen LogP contribution in [0.25, 0.3) is 10.3 Å². The molecule has 1 fully saturated rings. The zero-order valence-corrected chi connectivity index (χ0v) is 20.3. The molecular formula is C24H23FN8O2S. The highest BCUT2D eigenvalue weighted by Gasteiger charge is 2.34. The first kappa shape index (κ1) is 23.5. The molecule has 10 nitrogen and oxygen atoms in total. The molecule has 4 aromatic rings. The monoisotopic (exact) mass is 506 g/mol. The lowest BCUT2D eigenvalue weighted by molar-refractivity contribution is 0.0576. The average Bonchev–Trinajstić information content (AvgIpc) is 3.21. The molecule has 5 rings (SSSR count). The Morgan fingerprint density at radius 2 is 1.92 bits per heavy atom. The van der Waals surface area contributed by atoms with Gasteiger partial charge in [-0.25, -0.2) is 19.2 Å². The van der Waals surface area contributed by atoms with Crippen LogP contribution in [0.4, 0.5) is 20.8 Å². The number of aryl methyl sites for hydroxylation is 1. The van der Waals surface area contributed by atoms with Gasteiger partial charge in [0.2, 0.25) is 5.95 Å². The Balaban J connectivity index is 1.28. The van der Waals surface area contributed by atoms with E-state index in [9.17, 15) is 14.0 Å². The molecule has 12 heteroatoms. The number of benzene rings is 1. The highest BCUT2D eigenvalue weighted by Crippen LogP contribution is 2.28. The van der Waals surface area contributed by atoms with E-state index >= 15 is 0 Å². The number of thiazole rings is 1. The fourth-order valence-corrected chi connectivity index (χ4v) is 4.68. The summed E-state index contributed by atoms with van der Waals surface area (Å²) in [6, 6.07) is 9.66. The third kappa shape index (κ3) is 5.08. The minimum atomic E-state index is -0.443. The molecule has 3 aromatic heterocycles. The lowest BCUT2D eigenvalue weighted by atomic mass is 10.1. The number of amides is 3. The van der Waals surface area contributed by atoms with Gasteiger partial charge in [0.1, 0.15) is 10.5 Å². The zero-order valence-electron chi connectivity index (χ0n) is 19.5. The number of halogens is 1. The van der Waals surface area contributed by atoms with Crippen molar-refractivity contribution >= 4 is 45.3 Å². The normalized spacial score (nSPS) is 14.2. The van der Waals surface area contributed by atoms with Crippen molar-refractivity contribution < 1.29 is 14.0 Å². The Hall–Kier alpha value is -4.19. The number of rotatable bonds is 6. The average molecular weight is 507 g/mol. The van der Waals surface area contributed by atoms with Crippen LogP contribution in [0.1, 0.15) is 34.0 Å². The van der Waals surface area contributed by atoms with Crippen molar-refractivity contribution in [3.05, 3.63) is 70.9 Å². The molecule has 0 spiro atoms. The maximum absolute atomic E-state index is 13.6. The maximum Gasteiger partial charge on any atom is 0.319 e. The van der Waals surface area contributed by atoms with Gasteiger partial charge in [-0.15, -0.1) is 11.3 Å². The molecule has 1 saturated heterocycles. The summed E-state index contributed by atoms with van der Waals surface area (Å²) in [6.45, 7) is 4.38. The summed E-state index contributed by atoms with van der Waals surface area (Å²) in [5.41, 5.74) is 1.96. The second-order valence-electron chi connectivity index (χ2n) is 8.46. The highest BCUT2D eigenvalue weighted by molar-refractivity contribution is 7.18. The van der Waals surface area contributed by atoms with Gasteiger partial charge in [-0.2, -0.15) is 4.98 Å². The quantitative estimate of drug-likeness (QED) is 0.364. The molecule has 1 aliphatic rings. The summed E-state index contributed by atoms with van der Waals surface area (Å²) in [5, 5.41) is 9.51. The Bertz CT molecular complexity index is 1420. The largest absolute Gasteiger partial charge is 0.348 e. The first-order valence-electron chi connectivity index (χ1n) is 11.3. The van der Waals surface area contributed by atoms with E-state index in [1.165, 1.54) is 17.4 Å². The van der Waals surface area contributed by atoms with Crippen LogP contribution in [0, 0.1) is 12.7 Å². The molecule has 0 unspecified atom stereocenters. The van der Waals surface area contributed by atoms with Crippen LogP contribution in [-0.2, 0) is 0 Å². The lowest BCUT2D eigenvalue weighted by Gasteiger charge is -2.39. The van der Waals surface area contributed by atoms with Crippen LogP contribution in [0.5, 0.6) is 0 Å². The third-order valence-electron chi connectivity index (χ3n) is 5.67. The van der Waals surface area contributed by atoms with E-state index in [1.54, 1.807) is 23.2 Å². The van der Waals surface area contributed by atoms with Gasteiger partial charge in [-0.3, -0.25) is 9.78 Å². The van der Waals surface area contributed by atoms with E-state index < -0.39 is 5.82 Å². The van der Waals surface area contributed by atoms with Gasteiger partial charge in [0.05, 0.1) is 23.3 Å². The van der Waals surface area contributed by atoms with Crippen molar-refractivity contribution in [1.29, 1.82) is 0 Å². The molecule has 1 atom stereocenters. The first-order valence-corrected chi connectivity index (χ1v) is 12.1. The van der Waals surface area contributed by atoms with Crippen molar-refractivity contribution in [1.82, 2.24) is 30.2 Å². The van der Waals surface area contributed by atoms with Gasteiger partial charge in [-0.05, 0) is 37.6 Å². The zero-order chi connectivity index (χ0) is 25.2. The number of carbonyl (C=O) groups excluding carboxylic acids is 2. The molecular weight excluding hydrogens is 483 g/mol. The predicted molar refractivity (Wildman–Crippen MR) is 134 cm³/mol. The Labute approximate surface area is 210 Å². The SMILES string of the molecule is Cc1nc2nc(N[C@@H](C)c3cncc(F)c3)nc(C(=O)N3CC(NC(=O)Nc4ccccc4)C3)c2s1. The van der Waals surface area contributed by atoms with E-state index in [0.29, 0.717) is 34.7 Å². The van der Waals surface area contributed by atoms with E-state index in [0.717, 1.165) is 11.2 Å². The van der Waals surface area contributed by atoms with Crippen LogP contribution in [0.2, 0.25) is 0 Å². The van der Waals surface area contributed by atoms with Gasteiger partial charge in [-0.1, -0.05) is 18.2 Å². The molecule has 0 radical (unpaired) electrons. The lowest BCUT2D eigenvalue weighted by Crippen LogP contribution is -2.61. The molecule has 0 aliphatic carbocycles. The summed E-state index contributed by atoms with van der Waals surface area (Å²) in [4.78, 5) is 44.4. The molecule has 3 N–H and O–H groups in total. The molecule has 184 valence electrons. The molecule has 36 heavy (non-hydrogen) atoms. The summed E-state index contributed by atoms with van der Waals surface area (Å²) >= 11 is 1.35. The van der Waals surface area contributed by atoms with Gasteiger partial charge >= 0.3 is 6.03 Å². The number of para-hydroxylation sites is 1. The molecule has 4 heterocycles. The summed E-state index contributed by atoms with van der Waals surface area (Å²) in [5.74, 6) is -0.497. The smallest absolute Gasteiger partial charge is 0.319 e. The molecule has 3 amide bonds. The Morgan fingerprint density at radius 1 is 1.14 bits per heavy atom. The van der Waals surface area contributed by atoms with Crippen LogP contribution in [-0.4, -0.2) is 55.9 Å². The van der Waals surface area contributed by atoms with Crippen molar-refractivity contribution in [3.8, 4) is 0 Å². The molecule has 0 saturated carbocycles. The number of urea groups is 1. The summed E-state index contributed by atoms with van der Waals surface area (Å²) in [6.07, 6.45) is 2.69. The maximum atomic E-state index is 13.6. The van der Waals surface area contributed by atoms with Crippen molar-refractivity contribution in [3.63, 3.8) is 0 Å². The first-order chi connectivity index (χ1) is 17.4. The summed E-state index contributed by atoms with van der Waals surface area (Å²) < 4.78 is 14.2. The Kier molecular flexibility index (Phi) is 6.42. The number of carbonyl (C=O) groups is 2. The van der Waals surface area contributed by atoms with Crippen LogP contribution in [0.3, 0.4) is 0 Å². The number of likely N-dealkylation sites (tertiary alicyclic amines) is 1. The Morgan fingerprint density at radius 3 is 2.67 bits per heavy atom. The fraction of sp³-hybridized carbons (Fsp3) is 0.250.